The van der Waals surface area contributed by atoms with Crippen LogP contribution in [0.2, 0.25) is 0 Å². The van der Waals surface area contributed by atoms with E-state index in [1.54, 1.807) is 44.2 Å². The van der Waals surface area contributed by atoms with Crippen molar-refractivity contribution in [3.05, 3.63) is 58.1 Å². The molecule has 0 fully saturated rings. The molecule has 0 spiro atoms. The van der Waals surface area contributed by atoms with Gasteiger partial charge in [-0.3, -0.25) is 4.79 Å². The number of phenols is 1. The van der Waals surface area contributed by atoms with Gasteiger partial charge in [-0.2, -0.15) is 0 Å². The number of nitrogens with zero attached hydrogens (tertiary/aromatic N) is 1. The lowest BCUT2D eigenvalue weighted by Gasteiger charge is -2.20. The summed E-state index contributed by atoms with van der Waals surface area (Å²) in [4.78, 5) is 14.3. The molecule has 122 valence electrons. The molecule has 2 rings (SSSR count). The van der Waals surface area contributed by atoms with Crippen LogP contribution in [0.15, 0.2) is 30.3 Å². The first-order chi connectivity index (χ1) is 10.8. The Morgan fingerprint density at radius 2 is 1.78 bits per heavy atom. The molecule has 0 aromatic heterocycles. The van der Waals surface area contributed by atoms with Gasteiger partial charge in [0.05, 0.1) is 7.11 Å². The third kappa shape index (κ3) is 3.47. The Balaban J connectivity index is 2.23. The van der Waals surface area contributed by atoms with Gasteiger partial charge in [0.2, 0.25) is 0 Å². The lowest BCUT2D eigenvalue weighted by Crippen LogP contribution is -2.27. The number of carbonyl (C=O) groups is 1. The van der Waals surface area contributed by atoms with E-state index in [1.165, 1.54) is 0 Å². The van der Waals surface area contributed by atoms with E-state index in [-0.39, 0.29) is 11.7 Å². The molecule has 0 aliphatic carbocycles. The van der Waals surface area contributed by atoms with E-state index in [9.17, 15) is 9.90 Å². The van der Waals surface area contributed by atoms with Gasteiger partial charge < -0.3 is 14.7 Å². The number of rotatable bonds is 4. The number of methoxy groups -OCH3 is 1. The molecule has 0 heterocycles. The van der Waals surface area contributed by atoms with Crippen LogP contribution in [0.3, 0.4) is 0 Å². The summed E-state index contributed by atoms with van der Waals surface area (Å²) in [5, 5.41) is 9.77. The molecule has 4 nitrogen and oxygen atoms in total. The molecule has 0 saturated heterocycles. The molecule has 0 atom stereocenters. The molecule has 1 amide bonds. The fraction of sp³-hybridized carbons (Fsp3) is 0.316. The fourth-order valence-corrected chi connectivity index (χ4v) is 2.86. The van der Waals surface area contributed by atoms with Crippen LogP contribution in [0.25, 0.3) is 0 Å². The summed E-state index contributed by atoms with van der Waals surface area (Å²) in [5.74, 6) is 0.913. The summed E-state index contributed by atoms with van der Waals surface area (Å²) in [5.41, 5.74) is 4.28. The van der Waals surface area contributed by atoms with Crippen LogP contribution in [-0.4, -0.2) is 30.1 Å². The Bertz CT molecular complexity index is 714. The zero-order valence-electron chi connectivity index (χ0n) is 14.3. The highest BCUT2D eigenvalue weighted by Crippen LogP contribution is 2.26. The molecule has 0 bridgehead atoms. The fourth-order valence-electron chi connectivity index (χ4n) is 2.86. The SMILES string of the molecule is COc1c(C)cc(CN(C)C(=O)c2cccc(O)c2C)cc1C. The Morgan fingerprint density at radius 1 is 1.17 bits per heavy atom. The molecule has 1 N–H and O–H groups in total. The van der Waals surface area contributed by atoms with Crippen molar-refractivity contribution in [2.75, 3.05) is 14.2 Å². The number of hydrogen-bond acceptors (Lipinski definition) is 3. The minimum atomic E-state index is -0.107. The average molecular weight is 313 g/mol. The number of benzene rings is 2. The van der Waals surface area contributed by atoms with Crippen molar-refractivity contribution >= 4 is 5.91 Å². The van der Waals surface area contributed by atoms with E-state index in [0.29, 0.717) is 17.7 Å². The third-order valence-electron chi connectivity index (χ3n) is 4.03. The van der Waals surface area contributed by atoms with Crippen LogP contribution in [0.5, 0.6) is 11.5 Å². The number of amides is 1. The number of phenolic OH excluding ortho intramolecular Hbond substituents is 1. The van der Waals surface area contributed by atoms with Crippen molar-refractivity contribution < 1.29 is 14.6 Å². The second-order valence-electron chi connectivity index (χ2n) is 5.87. The number of aryl methyl sites for hydroxylation is 2. The minimum absolute atomic E-state index is 0.107. The maximum Gasteiger partial charge on any atom is 0.254 e. The molecule has 0 aliphatic heterocycles. The largest absolute Gasteiger partial charge is 0.508 e. The summed E-state index contributed by atoms with van der Waals surface area (Å²) >= 11 is 0. The van der Waals surface area contributed by atoms with E-state index in [0.717, 1.165) is 22.4 Å². The van der Waals surface area contributed by atoms with Crippen LogP contribution < -0.4 is 4.74 Å². The van der Waals surface area contributed by atoms with Crippen molar-refractivity contribution in [1.29, 1.82) is 0 Å². The molecule has 0 radical (unpaired) electrons. The number of aromatic hydroxyl groups is 1. The molecule has 0 saturated carbocycles. The normalized spacial score (nSPS) is 10.5. The Labute approximate surface area is 137 Å². The summed E-state index contributed by atoms with van der Waals surface area (Å²) in [6, 6.07) is 9.07. The van der Waals surface area contributed by atoms with Crippen LogP contribution in [0.4, 0.5) is 0 Å². The third-order valence-corrected chi connectivity index (χ3v) is 4.03. The van der Waals surface area contributed by atoms with Gasteiger partial charge in [0, 0.05) is 24.7 Å². The molecule has 0 aliphatic rings. The quantitative estimate of drug-likeness (QED) is 0.938. The first-order valence-electron chi connectivity index (χ1n) is 7.53. The summed E-state index contributed by atoms with van der Waals surface area (Å²) in [6.45, 7) is 6.24. The zero-order chi connectivity index (χ0) is 17.1. The van der Waals surface area contributed by atoms with Crippen molar-refractivity contribution in [3.63, 3.8) is 0 Å². The van der Waals surface area contributed by atoms with Crippen molar-refractivity contribution in [2.24, 2.45) is 0 Å². The van der Waals surface area contributed by atoms with Gasteiger partial charge in [-0.1, -0.05) is 18.2 Å². The van der Waals surface area contributed by atoms with Crippen LogP contribution in [-0.2, 0) is 6.54 Å². The molecule has 0 unspecified atom stereocenters. The average Bonchev–Trinajstić information content (AvgIpc) is 2.49. The Morgan fingerprint density at radius 3 is 2.35 bits per heavy atom. The maximum absolute atomic E-state index is 12.6. The second kappa shape index (κ2) is 6.73. The van der Waals surface area contributed by atoms with Crippen LogP contribution >= 0.6 is 0 Å². The molecule has 23 heavy (non-hydrogen) atoms. The van der Waals surface area contributed by atoms with Gasteiger partial charge >= 0.3 is 0 Å². The topological polar surface area (TPSA) is 49.8 Å². The molecular formula is C19H23NO3. The van der Waals surface area contributed by atoms with Gasteiger partial charge in [0.25, 0.3) is 5.91 Å². The van der Waals surface area contributed by atoms with E-state index < -0.39 is 0 Å². The standard InChI is InChI=1S/C19H23NO3/c1-12-9-15(10-13(2)18(12)23-5)11-20(4)19(22)16-7-6-8-17(21)14(16)3/h6-10,21H,11H2,1-5H3. The predicted molar refractivity (Wildman–Crippen MR) is 91.1 cm³/mol. The summed E-state index contributed by atoms with van der Waals surface area (Å²) in [6.07, 6.45) is 0. The highest BCUT2D eigenvalue weighted by Gasteiger charge is 2.16. The number of hydrogen-bond donors (Lipinski definition) is 1. The summed E-state index contributed by atoms with van der Waals surface area (Å²) in [7, 11) is 3.43. The van der Waals surface area contributed by atoms with Gasteiger partial charge in [-0.05, 0) is 49.6 Å². The van der Waals surface area contributed by atoms with E-state index in [1.807, 2.05) is 26.0 Å². The van der Waals surface area contributed by atoms with Gasteiger partial charge in [0.1, 0.15) is 11.5 Å². The van der Waals surface area contributed by atoms with Crippen molar-refractivity contribution in [1.82, 2.24) is 4.90 Å². The van der Waals surface area contributed by atoms with Crippen LogP contribution in [0.1, 0.15) is 32.6 Å². The lowest BCUT2D eigenvalue weighted by atomic mass is 10.0. The predicted octanol–water partition coefficient (Wildman–Crippen LogP) is 3.60. The lowest BCUT2D eigenvalue weighted by molar-refractivity contribution is 0.0784. The van der Waals surface area contributed by atoms with Gasteiger partial charge in [-0.25, -0.2) is 0 Å². The smallest absolute Gasteiger partial charge is 0.254 e. The van der Waals surface area contributed by atoms with Crippen molar-refractivity contribution in [2.45, 2.75) is 27.3 Å². The van der Waals surface area contributed by atoms with Gasteiger partial charge in [0.15, 0.2) is 0 Å². The monoisotopic (exact) mass is 313 g/mol. The van der Waals surface area contributed by atoms with Crippen LogP contribution in [0, 0.1) is 20.8 Å². The second-order valence-corrected chi connectivity index (χ2v) is 5.87. The Kier molecular flexibility index (Phi) is 4.94. The molecule has 2 aromatic rings. The Hall–Kier alpha value is -2.49. The summed E-state index contributed by atoms with van der Waals surface area (Å²) < 4.78 is 5.37. The number of ether oxygens (including phenoxy) is 1. The van der Waals surface area contributed by atoms with E-state index in [2.05, 4.69) is 0 Å². The molecular weight excluding hydrogens is 290 g/mol. The van der Waals surface area contributed by atoms with E-state index in [4.69, 9.17) is 4.74 Å². The highest BCUT2D eigenvalue weighted by molar-refractivity contribution is 5.96. The zero-order valence-corrected chi connectivity index (χ0v) is 14.3. The molecule has 4 heteroatoms. The maximum atomic E-state index is 12.6. The minimum Gasteiger partial charge on any atom is -0.508 e. The number of carbonyl (C=O) groups excluding carboxylic acids is 1. The highest BCUT2D eigenvalue weighted by atomic mass is 16.5. The van der Waals surface area contributed by atoms with Crippen molar-refractivity contribution in [3.8, 4) is 11.5 Å². The first-order valence-corrected chi connectivity index (χ1v) is 7.53. The van der Waals surface area contributed by atoms with Gasteiger partial charge in [-0.15, -0.1) is 0 Å². The molecule has 2 aromatic carbocycles. The first kappa shape index (κ1) is 16.9. The van der Waals surface area contributed by atoms with E-state index >= 15 is 0 Å².